The molecule has 0 bridgehead atoms. The molecule has 1 unspecified atom stereocenters. The minimum Gasteiger partial charge on any atom is -0.543 e. The van der Waals surface area contributed by atoms with E-state index in [0.29, 0.717) is 0 Å². The summed E-state index contributed by atoms with van der Waals surface area (Å²) in [6.45, 7) is 3.84. The molecule has 15 heteroatoms. The number of carboxylic acid groups (broad SMARTS) is 1. The number of alkyl halides is 3. The zero-order valence-corrected chi connectivity index (χ0v) is 25.4. The number of nitrogens with zero attached hydrogens (tertiary/aromatic N) is 3. The van der Waals surface area contributed by atoms with Gasteiger partial charge in [-0.05, 0) is 51.1 Å². The van der Waals surface area contributed by atoms with Gasteiger partial charge >= 0.3 is 6.18 Å². The molecule has 0 radical (unpaired) electrons. The van der Waals surface area contributed by atoms with E-state index in [1.807, 2.05) is 0 Å². The largest absolute Gasteiger partial charge is 0.543 e. The molecule has 0 saturated heterocycles. The average Bonchev–Trinajstić information content (AvgIpc) is 3.32. The van der Waals surface area contributed by atoms with Gasteiger partial charge in [-0.25, -0.2) is 4.98 Å². The third-order valence-corrected chi connectivity index (χ3v) is 6.65. The number of carboxylic acids is 1. The number of hydrogen-bond acceptors (Lipinski definition) is 8. The van der Waals surface area contributed by atoms with Crippen LogP contribution in [0.1, 0.15) is 43.7 Å². The molecule has 45 heavy (non-hydrogen) atoms. The number of aromatic nitrogens is 3. The number of anilines is 1. The highest BCUT2D eigenvalue weighted by Gasteiger charge is 2.30. The van der Waals surface area contributed by atoms with Crippen LogP contribution in [0.25, 0.3) is 16.8 Å². The Morgan fingerprint density at radius 1 is 1.09 bits per heavy atom. The number of nitrogens with one attached hydrogen (secondary N) is 1. The summed E-state index contributed by atoms with van der Waals surface area (Å²) in [4.78, 5) is 43.3. The molecular formula is C30H29ClF3N4O7-. The molecule has 3 heterocycles. The Hall–Kier alpha value is -4.56. The van der Waals surface area contributed by atoms with Crippen LogP contribution in [0.3, 0.4) is 0 Å². The van der Waals surface area contributed by atoms with Crippen molar-refractivity contribution >= 4 is 34.9 Å². The van der Waals surface area contributed by atoms with Crippen LogP contribution in [-0.2, 0) is 9.53 Å². The smallest absolute Gasteiger partial charge is 0.422 e. The highest BCUT2D eigenvalue weighted by Crippen LogP contribution is 2.38. The lowest BCUT2D eigenvalue weighted by molar-refractivity contribution is -0.255. The number of imidazole rings is 1. The number of carbonyl (C=O) groups excluding carboxylic acids is 2. The normalized spacial score (nSPS) is 12.6. The lowest BCUT2D eigenvalue weighted by atomic mass is 10.0. The van der Waals surface area contributed by atoms with E-state index in [-0.39, 0.29) is 52.1 Å². The first-order chi connectivity index (χ1) is 21.1. The van der Waals surface area contributed by atoms with Crippen molar-refractivity contribution in [3.63, 3.8) is 0 Å². The Labute approximate surface area is 260 Å². The molecule has 4 aromatic rings. The molecule has 1 amide bonds. The summed E-state index contributed by atoms with van der Waals surface area (Å²) in [5, 5.41) is 14.6. The molecule has 0 spiro atoms. The minimum absolute atomic E-state index is 0.00786. The van der Waals surface area contributed by atoms with Gasteiger partial charge in [-0.2, -0.15) is 13.2 Å². The van der Waals surface area contributed by atoms with Crippen LogP contribution in [0.2, 0.25) is 5.02 Å². The van der Waals surface area contributed by atoms with Gasteiger partial charge in [0.15, 0.2) is 6.61 Å². The van der Waals surface area contributed by atoms with Crippen molar-refractivity contribution in [1.82, 2.24) is 14.0 Å². The number of ether oxygens (including phenoxy) is 3. The molecule has 4 rings (SSSR count). The fourth-order valence-corrected chi connectivity index (χ4v) is 4.65. The second-order valence-corrected chi connectivity index (χ2v) is 11.3. The molecule has 1 aromatic carbocycles. The summed E-state index contributed by atoms with van der Waals surface area (Å²) in [6, 6.07) is 8.47. The highest BCUT2D eigenvalue weighted by atomic mass is 35.5. The molecule has 1 N–H and O–H groups in total. The van der Waals surface area contributed by atoms with Crippen LogP contribution in [0.15, 0.2) is 59.7 Å². The summed E-state index contributed by atoms with van der Waals surface area (Å²) in [7, 11) is 1.27. The maximum Gasteiger partial charge on any atom is 0.422 e. The molecule has 3 aromatic heterocycles. The number of hydrogen-bond donors (Lipinski definition) is 1. The van der Waals surface area contributed by atoms with Crippen molar-refractivity contribution in [2.75, 3.05) is 25.6 Å². The highest BCUT2D eigenvalue weighted by molar-refractivity contribution is 6.31. The fourth-order valence-electron chi connectivity index (χ4n) is 4.47. The van der Waals surface area contributed by atoms with Crippen molar-refractivity contribution in [2.45, 2.75) is 45.0 Å². The standard InChI is InChI=1S/C30H30ClF3N4O7/c1-29(2,3)45-12-10-20(27(40)36-26-25(28(41)42)35-23-7-5-6-11-37(23)26)38-15-22(43-4)19(14-24(38)39)18-13-17(31)8-9-21(18)44-16-30(32,33)34/h5-9,11,13-15,20H,10,12,16H2,1-4H3,(H,36,40)(H,41,42)/p-1. The number of methoxy groups -OCH3 is 1. The maximum atomic E-state index is 13.8. The van der Waals surface area contributed by atoms with Crippen molar-refractivity contribution in [3.05, 3.63) is 75.9 Å². The average molecular weight is 650 g/mol. The zero-order valence-electron chi connectivity index (χ0n) is 24.6. The lowest BCUT2D eigenvalue weighted by Gasteiger charge is -2.24. The Balaban J connectivity index is 1.79. The molecule has 11 nitrogen and oxygen atoms in total. The van der Waals surface area contributed by atoms with E-state index < -0.39 is 47.6 Å². The topological polar surface area (TPSA) is 136 Å². The lowest BCUT2D eigenvalue weighted by Crippen LogP contribution is -2.35. The summed E-state index contributed by atoms with van der Waals surface area (Å²) in [6.07, 6.45) is -1.95. The molecule has 0 aliphatic heterocycles. The first kappa shape index (κ1) is 33.3. The van der Waals surface area contributed by atoms with E-state index in [9.17, 15) is 32.7 Å². The second kappa shape index (κ2) is 13.2. The maximum absolute atomic E-state index is 13.8. The van der Waals surface area contributed by atoms with E-state index in [4.69, 9.17) is 25.8 Å². The molecule has 0 fully saturated rings. The van der Waals surface area contributed by atoms with Crippen molar-refractivity contribution in [1.29, 1.82) is 0 Å². The SMILES string of the molecule is COc1cn(C(CCOC(C)(C)C)C(=O)Nc2c(C(=O)[O-])nc3ccccn23)c(=O)cc1-c1cc(Cl)ccc1OCC(F)(F)F. The number of amides is 1. The van der Waals surface area contributed by atoms with Gasteiger partial charge in [0.25, 0.3) is 5.56 Å². The predicted molar refractivity (Wildman–Crippen MR) is 157 cm³/mol. The van der Waals surface area contributed by atoms with Crippen LogP contribution >= 0.6 is 11.6 Å². The number of fused-ring (bicyclic) bond motifs is 1. The predicted octanol–water partition coefficient (Wildman–Crippen LogP) is 4.51. The van der Waals surface area contributed by atoms with Gasteiger partial charge in [0.2, 0.25) is 5.91 Å². The van der Waals surface area contributed by atoms with Crippen molar-refractivity contribution in [3.8, 4) is 22.6 Å². The van der Waals surface area contributed by atoms with E-state index >= 15 is 0 Å². The van der Waals surface area contributed by atoms with Crippen LogP contribution in [0.5, 0.6) is 11.5 Å². The van der Waals surface area contributed by atoms with Crippen LogP contribution < -0.4 is 25.5 Å². The summed E-state index contributed by atoms with van der Waals surface area (Å²) >= 11 is 6.13. The molecule has 0 aliphatic carbocycles. The molecule has 240 valence electrons. The molecular weight excluding hydrogens is 621 g/mol. The Bertz CT molecular complexity index is 1780. The monoisotopic (exact) mass is 649 g/mol. The number of aromatic carboxylic acids is 1. The third-order valence-electron chi connectivity index (χ3n) is 6.42. The second-order valence-electron chi connectivity index (χ2n) is 10.8. The third kappa shape index (κ3) is 8.13. The van der Waals surface area contributed by atoms with Gasteiger partial charge in [-0.1, -0.05) is 17.7 Å². The quantitative estimate of drug-likeness (QED) is 0.251. The number of benzene rings is 1. The van der Waals surface area contributed by atoms with E-state index in [1.165, 1.54) is 48.2 Å². The van der Waals surface area contributed by atoms with Crippen molar-refractivity contribution < 1.29 is 42.1 Å². The Morgan fingerprint density at radius 2 is 1.80 bits per heavy atom. The van der Waals surface area contributed by atoms with Gasteiger partial charge in [-0.3, -0.25) is 18.6 Å². The number of rotatable bonds is 11. The van der Waals surface area contributed by atoms with E-state index in [2.05, 4.69) is 10.3 Å². The first-order valence-electron chi connectivity index (χ1n) is 13.5. The molecule has 0 aliphatic rings. The van der Waals surface area contributed by atoms with E-state index in [1.54, 1.807) is 32.9 Å². The summed E-state index contributed by atoms with van der Waals surface area (Å²) in [5.74, 6) is -2.79. The number of halogens is 4. The molecule has 1 atom stereocenters. The van der Waals surface area contributed by atoms with E-state index in [0.717, 1.165) is 10.6 Å². The first-order valence-corrected chi connectivity index (χ1v) is 13.9. The van der Waals surface area contributed by atoms with Crippen molar-refractivity contribution in [2.24, 2.45) is 0 Å². The van der Waals surface area contributed by atoms with Gasteiger partial charge in [-0.15, -0.1) is 0 Å². The van der Waals surface area contributed by atoms with Gasteiger partial charge < -0.3 is 29.4 Å². The Kier molecular flexibility index (Phi) is 9.78. The van der Waals surface area contributed by atoms with Crippen LogP contribution in [-0.4, -0.2) is 57.9 Å². The van der Waals surface area contributed by atoms with Crippen LogP contribution in [0.4, 0.5) is 19.0 Å². The Morgan fingerprint density at radius 3 is 2.44 bits per heavy atom. The van der Waals surface area contributed by atoms with Gasteiger partial charge in [0, 0.05) is 41.4 Å². The summed E-state index contributed by atoms with van der Waals surface area (Å²) in [5.41, 5.74) is -1.50. The minimum atomic E-state index is -4.63. The van der Waals surface area contributed by atoms with Gasteiger partial charge in [0.05, 0.1) is 24.9 Å². The number of carbonyl (C=O) groups is 2. The molecule has 0 saturated carbocycles. The fraction of sp³-hybridized carbons (Fsp3) is 0.333. The van der Waals surface area contributed by atoms with Crippen LogP contribution in [0, 0.1) is 0 Å². The van der Waals surface area contributed by atoms with Gasteiger partial charge in [0.1, 0.15) is 34.7 Å². The zero-order chi connectivity index (χ0) is 33.1. The number of pyridine rings is 2. The summed E-state index contributed by atoms with van der Waals surface area (Å²) < 4.78 is 57.5.